The van der Waals surface area contributed by atoms with E-state index in [9.17, 15) is 0 Å². The first-order valence-electron chi connectivity index (χ1n) is 7.91. The topological polar surface area (TPSA) is 24.5 Å². The molecule has 2 fully saturated rings. The van der Waals surface area contributed by atoms with Gasteiger partial charge in [0.2, 0.25) is 0 Å². The Morgan fingerprint density at radius 3 is 2.28 bits per heavy atom. The maximum absolute atomic E-state index is 5.46. The molecule has 3 heteroatoms. The summed E-state index contributed by atoms with van der Waals surface area (Å²) in [7, 11) is 0. The van der Waals surface area contributed by atoms with Crippen molar-refractivity contribution >= 4 is 0 Å². The molecule has 0 aliphatic carbocycles. The second-order valence-electron chi connectivity index (χ2n) is 4.69. The number of nitrogens with one attached hydrogen (secondary N) is 1. The van der Waals surface area contributed by atoms with E-state index < -0.39 is 0 Å². The van der Waals surface area contributed by atoms with Gasteiger partial charge in [0.15, 0.2) is 0 Å². The fourth-order valence-corrected chi connectivity index (χ4v) is 2.30. The Hall–Kier alpha value is -0.120. The first-order valence-corrected chi connectivity index (χ1v) is 7.91. The molecule has 2 rings (SSSR count). The summed E-state index contributed by atoms with van der Waals surface area (Å²) in [5, 5.41) is 3.41. The molecule has 2 saturated heterocycles. The van der Waals surface area contributed by atoms with Crippen LogP contribution in [-0.4, -0.2) is 50.3 Å². The Labute approximate surface area is 114 Å². The molecule has 0 aromatic carbocycles. The maximum atomic E-state index is 5.46. The van der Waals surface area contributed by atoms with Gasteiger partial charge in [0.05, 0.1) is 6.61 Å². The molecule has 3 nitrogen and oxygen atoms in total. The van der Waals surface area contributed by atoms with Crippen LogP contribution in [0.2, 0.25) is 0 Å². The molecular formula is C15H34N2O. The highest BCUT2D eigenvalue weighted by molar-refractivity contribution is 4.78. The van der Waals surface area contributed by atoms with Crippen LogP contribution in [0.15, 0.2) is 0 Å². The second kappa shape index (κ2) is 13.3. The summed E-state index contributed by atoms with van der Waals surface area (Å²) in [6.07, 6.45) is 5.10. The number of piperidine rings is 1. The van der Waals surface area contributed by atoms with E-state index in [0.29, 0.717) is 0 Å². The first-order chi connectivity index (χ1) is 8.88. The number of rotatable bonds is 1. The molecule has 110 valence electrons. The predicted molar refractivity (Wildman–Crippen MR) is 80.2 cm³/mol. The van der Waals surface area contributed by atoms with Gasteiger partial charge >= 0.3 is 0 Å². The van der Waals surface area contributed by atoms with Crippen molar-refractivity contribution in [3.8, 4) is 0 Å². The summed E-state index contributed by atoms with van der Waals surface area (Å²) >= 11 is 0. The lowest BCUT2D eigenvalue weighted by atomic mass is 10.0. The third-order valence-electron chi connectivity index (χ3n) is 3.08. The standard InChI is InChI=1S/C10H20N2O.C3H8.C2H6/c1-6-12(7-9-13-8-1)10-2-4-11-5-3-10;1-3-2;1-2/h10-11H,1-9H2;3H2,1-2H3;1-2H3. The zero-order valence-electron chi connectivity index (χ0n) is 13.0. The van der Waals surface area contributed by atoms with Crippen LogP contribution in [0, 0.1) is 0 Å². The second-order valence-corrected chi connectivity index (χ2v) is 4.69. The monoisotopic (exact) mass is 258 g/mol. The van der Waals surface area contributed by atoms with E-state index in [2.05, 4.69) is 24.1 Å². The lowest BCUT2D eigenvalue weighted by Crippen LogP contribution is -2.44. The van der Waals surface area contributed by atoms with Gasteiger partial charge in [0.1, 0.15) is 0 Å². The van der Waals surface area contributed by atoms with Crippen molar-refractivity contribution in [3.63, 3.8) is 0 Å². The van der Waals surface area contributed by atoms with E-state index in [4.69, 9.17) is 4.74 Å². The summed E-state index contributed by atoms with van der Waals surface area (Å²) in [4.78, 5) is 2.62. The van der Waals surface area contributed by atoms with Gasteiger partial charge in [-0.25, -0.2) is 0 Å². The Morgan fingerprint density at radius 2 is 1.67 bits per heavy atom. The summed E-state index contributed by atoms with van der Waals surface area (Å²) < 4.78 is 5.46. The van der Waals surface area contributed by atoms with Crippen LogP contribution in [0.25, 0.3) is 0 Å². The Kier molecular flexibility index (Phi) is 13.2. The largest absolute Gasteiger partial charge is 0.380 e. The predicted octanol–water partition coefficient (Wildman–Crippen LogP) is 2.90. The lowest BCUT2D eigenvalue weighted by molar-refractivity contribution is 0.123. The van der Waals surface area contributed by atoms with Crippen LogP contribution in [0.1, 0.15) is 53.4 Å². The van der Waals surface area contributed by atoms with Crippen LogP contribution in [0.5, 0.6) is 0 Å². The van der Waals surface area contributed by atoms with Crippen LogP contribution >= 0.6 is 0 Å². The SMILES string of the molecule is C1COCCN(C2CCNCC2)C1.CC.CCC. The Morgan fingerprint density at radius 1 is 1.06 bits per heavy atom. The molecular weight excluding hydrogens is 224 g/mol. The Bertz CT molecular complexity index is 151. The molecule has 0 aromatic heterocycles. The van der Waals surface area contributed by atoms with Gasteiger partial charge in [-0.2, -0.15) is 0 Å². The van der Waals surface area contributed by atoms with Gasteiger partial charge in [0.25, 0.3) is 0 Å². The van der Waals surface area contributed by atoms with Crippen molar-refractivity contribution in [2.24, 2.45) is 0 Å². The van der Waals surface area contributed by atoms with Crippen LogP contribution < -0.4 is 5.32 Å². The zero-order chi connectivity index (χ0) is 13.6. The van der Waals surface area contributed by atoms with Crippen molar-refractivity contribution in [1.82, 2.24) is 10.2 Å². The average molecular weight is 258 g/mol. The molecule has 2 heterocycles. The molecule has 0 unspecified atom stereocenters. The summed E-state index contributed by atoms with van der Waals surface area (Å²) in [6, 6.07) is 0.822. The number of hydrogen-bond acceptors (Lipinski definition) is 3. The summed E-state index contributed by atoms with van der Waals surface area (Å²) in [5.74, 6) is 0. The van der Waals surface area contributed by atoms with E-state index in [1.165, 1.54) is 45.3 Å². The van der Waals surface area contributed by atoms with Gasteiger partial charge in [-0.05, 0) is 32.4 Å². The van der Waals surface area contributed by atoms with Gasteiger partial charge in [-0.3, -0.25) is 4.90 Å². The first kappa shape index (κ1) is 17.9. The molecule has 0 aromatic rings. The summed E-state index contributed by atoms with van der Waals surface area (Å²) in [5.41, 5.74) is 0. The van der Waals surface area contributed by atoms with Crippen molar-refractivity contribution in [2.75, 3.05) is 39.4 Å². The van der Waals surface area contributed by atoms with E-state index in [-0.39, 0.29) is 0 Å². The van der Waals surface area contributed by atoms with Gasteiger partial charge in [-0.1, -0.05) is 34.1 Å². The third kappa shape index (κ3) is 8.06. The van der Waals surface area contributed by atoms with Gasteiger partial charge in [0, 0.05) is 25.7 Å². The van der Waals surface area contributed by atoms with E-state index >= 15 is 0 Å². The quantitative estimate of drug-likeness (QED) is 0.782. The summed E-state index contributed by atoms with van der Waals surface area (Å²) in [6.45, 7) is 14.9. The minimum atomic E-state index is 0.822. The minimum Gasteiger partial charge on any atom is -0.380 e. The molecule has 2 aliphatic heterocycles. The number of hydrogen-bond donors (Lipinski definition) is 1. The lowest BCUT2D eigenvalue weighted by Gasteiger charge is -2.33. The highest BCUT2D eigenvalue weighted by Gasteiger charge is 2.21. The highest BCUT2D eigenvalue weighted by atomic mass is 16.5. The molecule has 0 bridgehead atoms. The molecule has 0 amide bonds. The van der Waals surface area contributed by atoms with Crippen LogP contribution in [-0.2, 0) is 4.74 Å². The van der Waals surface area contributed by atoms with Gasteiger partial charge < -0.3 is 10.1 Å². The average Bonchev–Trinajstić information content (AvgIpc) is 2.72. The van der Waals surface area contributed by atoms with E-state index in [1.807, 2.05) is 13.8 Å². The van der Waals surface area contributed by atoms with Crippen LogP contribution in [0.3, 0.4) is 0 Å². The molecule has 0 saturated carbocycles. The third-order valence-corrected chi connectivity index (χ3v) is 3.08. The number of ether oxygens (including phenoxy) is 1. The maximum Gasteiger partial charge on any atom is 0.0593 e. The fraction of sp³-hybridized carbons (Fsp3) is 1.00. The minimum absolute atomic E-state index is 0.822. The highest BCUT2D eigenvalue weighted by Crippen LogP contribution is 2.13. The normalized spacial score (nSPS) is 22.0. The van der Waals surface area contributed by atoms with Crippen molar-refractivity contribution in [2.45, 2.75) is 59.4 Å². The number of nitrogens with zero attached hydrogens (tertiary/aromatic N) is 1. The molecule has 1 N–H and O–H groups in total. The molecule has 0 atom stereocenters. The van der Waals surface area contributed by atoms with E-state index in [0.717, 1.165) is 25.8 Å². The van der Waals surface area contributed by atoms with Crippen molar-refractivity contribution < 1.29 is 4.74 Å². The van der Waals surface area contributed by atoms with Crippen LogP contribution in [0.4, 0.5) is 0 Å². The molecule has 0 radical (unpaired) electrons. The Balaban J connectivity index is 0.000000509. The zero-order valence-corrected chi connectivity index (χ0v) is 13.0. The van der Waals surface area contributed by atoms with Crippen molar-refractivity contribution in [3.05, 3.63) is 0 Å². The smallest absolute Gasteiger partial charge is 0.0593 e. The fourth-order valence-electron chi connectivity index (χ4n) is 2.30. The molecule has 2 aliphatic rings. The molecule has 18 heavy (non-hydrogen) atoms. The van der Waals surface area contributed by atoms with E-state index in [1.54, 1.807) is 0 Å². The van der Waals surface area contributed by atoms with Gasteiger partial charge in [-0.15, -0.1) is 0 Å². The molecule has 0 spiro atoms. The van der Waals surface area contributed by atoms with Crippen molar-refractivity contribution in [1.29, 1.82) is 0 Å².